The quantitative estimate of drug-likeness (QED) is 0.645. The number of nitrogens with zero attached hydrogens (tertiary/aromatic N) is 2. The lowest BCUT2D eigenvalue weighted by Gasteiger charge is -2.30. The number of nitro benzene ring substituents is 1. The Labute approximate surface area is 133 Å². The minimum atomic E-state index is -0.545. The normalized spacial score (nSPS) is 14.7. The Morgan fingerprint density at radius 1 is 1.39 bits per heavy atom. The first-order valence-electron chi connectivity index (χ1n) is 7.50. The van der Waals surface area contributed by atoms with E-state index in [2.05, 4.69) is 4.98 Å². The number of carbonyl (C=O) groups excluding carboxylic acids is 1. The largest absolute Gasteiger partial charge is 0.444 e. The molecule has 1 aromatic carbocycles. The van der Waals surface area contributed by atoms with Crippen LogP contribution in [0, 0.1) is 10.1 Å². The van der Waals surface area contributed by atoms with Gasteiger partial charge >= 0.3 is 6.09 Å². The molecule has 0 atom stereocenters. The number of fused-ring (bicyclic) bond motifs is 3. The molecule has 7 heteroatoms. The lowest BCUT2D eigenvalue weighted by atomic mass is 10.0. The third-order valence-electron chi connectivity index (χ3n) is 3.82. The van der Waals surface area contributed by atoms with Crippen LogP contribution in [0.2, 0.25) is 0 Å². The van der Waals surface area contributed by atoms with Crippen molar-refractivity contribution in [1.82, 2.24) is 9.88 Å². The molecular weight excluding hydrogens is 298 g/mol. The molecular formula is C16H19N3O4. The minimum Gasteiger partial charge on any atom is -0.444 e. The van der Waals surface area contributed by atoms with Crippen molar-refractivity contribution in [2.45, 2.75) is 39.3 Å². The van der Waals surface area contributed by atoms with Crippen molar-refractivity contribution >= 4 is 22.7 Å². The average Bonchev–Trinajstić information content (AvgIpc) is 2.82. The highest BCUT2D eigenvalue weighted by Crippen LogP contribution is 2.30. The highest BCUT2D eigenvalue weighted by atomic mass is 16.6. The number of non-ortho nitro benzene ring substituents is 1. The van der Waals surface area contributed by atoms with E-state index in [1.807, 2.05) is 20.8 Å². The molecule has 1 aromatic heterocycles. The number of hydrogen-bond acceptors (Lipinski definition) is 4. The van der Waals surface area contributed by atoms with Gasteiger partial charge in [0, 0.05) is 47.3 Å². The summed E-state index contributed by atoms with van der Waals surface area (Å²) >= 11 is 0. The van der Waals surface area contributed by atoms with Gasteiger partial charge < -0.3 is 14.6 Å². The fourth-order valence-electron chi connectivity index (χ4n) is 2.80. The van der Waals surface area contributed by atoms with Crippen molar-refractivity contribution < 1.29 is 14.5 Å². The Hall–Kier alpha value is -2.57. The second-order valence-corrected chi connectivity index (χ2v) is 6.72. The van der Waals surface area contributed by atoms with Gasteiger partial charge in [-0.25, -0.2) is 4.79 Å². The number of nitrogens with one attached hydrogen (secondary N) is 1. The van der Waals surface area contributed by atoms with Crippen LogP contribution in [0.4, 0.5) is 10.5 Å². The van der Waals surface area contributed by atoms with Crippen LogP contribution < -0.4 is 0 Å². The topological polar surface area (TPSA) is 88.5 Å². The zero-order valence-electron chi connectivity index (χ0n) is 13.4. The number of rotatable bonds is 1. The molecule has 122 valence electrons. The van der Waals surface area contributed by atoms with Gasteiger partial charge in [-0.2, -0.15) is 0 Å². The number of ether oxygens (including phenoxy) is 1. The van der Waals surface area contributed by atoms with Crippen LogP contribution in [0.3, 0.4) is 0 Å². The Bertz CT molecular complexity index is 788. The highest BCUT2D eigenvalue weighted by Gasteiger charge is 2.28. The SMILES string of the molecule is CC(C)(C)OC(=O)N1CCc2[nH]c3ccc([N+](=O)[O-])cc3c2C1. The van der Waals surface area contributed by atoms with E-state index in [9.17, 15) is 14.9 Å². The number of aromatic nitrogens is 1. The van der Waals surface area contributed by atoms with E-state index < -0.39 is 10.5 Å². The maximum atomic E-state index is 12.2. The van der Waals surface area contributed by atoms with Crippen LogP contribution in [0.15, 0.2) is 18.2 Å². The number of hydrogen-bond donors (Lipinski definition) is 1. The van der Waals surface area contributed by atoms with Crippen LogP contribution >= 0.6 is 0 Å². The molecule has 3 rings (SSSR count). The highest BCUT2D eigenvalue weighted by molar-refractivity contribution is 5.87. The van der Waals surface area contributed by atoms with Crippen molar-refractivity contribution in [3.8, 4) is 0 Å². The maximum Gasteiger partial charge on any atom is 0.410 e. The summed E-state index contributed by atoms with van der Waals surface area (Å²) in [5.41, 5.74) is 2.32. The Kier molecular flexibility index (Phi) is 3.50. The second-order valence-electron chi connectivity index (χ2n) is 6.72. The predicted molar refractivity (Wildman–Crippen MR) is 85.3 cm³/mol. The van der Waals surface area contributed by atoms with E-state index >= 15 is 0 Å². The van der Waals surface area contributed by atoms with E-state index in [1.54, 1.807) is 17.0 Å². The predicted octanol–water partition coefficient (Wildman–Crippen LogP) is 3.37. The summed E-state index contributed by atoms with van der Waals surface area (Å²) in [6, 6.07) is 4.75. The van der Waals surface area contributed by atoms with Crippen LogP contribution in [0.5, 0.6) is 0 Å². The minimum absolute atomic E-state index is 0.0497. The van der Waals surface area contributed by atoms with Crippen molar-refractivity contribution in [2.75, 3.05) is 6.54 Å². The van der Waals surface area contributed by atoms with Crippen LogP contribution in [-0.2, 0) is 17.7 Å². The summed E-state index contributed by atoms with van der Waals surface area (Å²) < 4.78 is 5.41. The average molecular weight is 317 g/mol. The summed E-state index contributed by atoms with van der Waals surface area (Å²) in [5.74, 6) is 0. The first kappa shape index (κ1) is 15.3. The number of carbonyl (C=O) groups is 1. The number of amides is 1. The molecule has 2 aromatic rings. The smallest absolute Gasteiger partial charge is 0.410 e. The van der Waals surface area contributed by atoms with Crippen LogP contribution in [-0.4, -0.2) is 33.0 Å². The monoisotopic (exact) mass is 317 g/mol. The van der Waals surface area contributed by atoms with Crippen molar-refractivity contribution in [3.63, 3.8) is 0 Å². The molecule has 1 amide bonds. The molecule has 0 unspecified atom stereocenters. The lowest BCUT2D eigenvalue weighted by molar-refractivity contribution is -0.384. The molecule has 0 spiro atoms. The molecule has 1 aliphatic heterocycles. The van der Waals surface area contributed by atoms with Gasteiger partial charge in [0.05, 0.1) is 11.5 Å². The first-order valence-corrected chi connectivity index (χ1v) is 7.50. The van der Waals surface area contributed by atoms with Gasteiger partial charge in [0.15, 0.2) is 0 Å². The van der Waals surface area contributed by atoms with E-state index in [1.165, 1.54) is 6.07 Å². The van der Waals surface area contributed by atoms with Gasteiger partial charge in [0.25, 0.3) is 5.69 Å². The molecule has 0 saturated heterocycles. The molecule has 1 N–H and O–H groups in total. The van der Waals surface area contributed by atoms with E-state index in [0.717, 1.165) is 22.2 Å². The van der Waals surface area contributed by atoms with Gasteiger partial charge in [-0.15, -0.1) is 0 Å². The molecule has 0 radical (unpaired) electrons. The van der Waals surface area contributed by atoms with Gasteiger partial charge in [0.2, 0.25) is 0 Å². The summed E-state index contributed by atoms with van der Waals surface area (Å²) in [6.45, 7) is 6.45. The van der Waals surface area contributed by atoms with E-state index in [4.69, 9.17) is 4.74 Å². The zero-order chi connectivity index (χ0) is 16.8. The van der Waals surface area contributed by atoms with Crippen molar-refractivity contribution in [1.29, 1.82) is 0 Å². The van der Waals surface area contributed by atoms with Crippen molar-refractivity contribution in [2.24, 2.45) is 0 Å². The third-order valence-corrected chi connectivity index (χ3v) is 3.82. The van der Waals surface area contributed by atoms with Gasteiger partial charge in [-0.1, -0.05) is 0 Å². The summed E-state index contributed by atoms with van der Waals surface area (Å²) in [6.07, 6.45) is 0.319. The number of nitro groups is 1. The van der Waals surface area contributed by atoms with Gasteiger partial charge in [0.1, 0.15) is 5.60 Å². The summed E-state index contributed by atoms with van der Waals surface area (Å²) in [5, 5.41) is 11.8. The molecule has 2 heterocycles. The molecule has 0 aliphatic carbocycles. The molecule has 1 aliphatic rings. The van der Waals surface area contributed by atoms with Gasteiger partial charge in [-0.3, -0.25) is 10.1 Å². The first-order chi connectivity index (χ1) is 10.7. The Morgan fingerprint density at radius 2 is 2.13 bits per heavy atom. The number of aromatic amines is 1. The fraction of sp³-hybridized carbons (Fsp3) is 0.438. The Morgan fingerprint density at radius 3 is 2.78 bits per heavy atom. The molecule has 0 fully saturated rings. The maximum absolute atomic E-state index is 12.2. The van der Waals surface area contributed by atoms with Gasteiger partial charge in [-0.05, 0) is 26.8 Å². The number of benzene rings is 1. The second kappa shape index (κ2) is 5.26. The standard InChI is InChI=1S/C16H19N3O4/c1-16(2,3)23-15(20)18-7-6-14-12(9-18)11-8-10(19(21)22)4-5-13(11)17-14/h4-5,8,17H,6-7,9H2,1-3H3. The Balaban J connectivity index is 1.92. The molecule has 0 saturated carbocycles. The van der Waals surface area contributed by atoms with Crippen LogP contribution in [0.1, 0.15) is 32.0 Å². The molecule has 0 bridgehead atoms. The van der Waals surface area contributed by atoms with E-state index in [-0.39, 0.29) is 11.8 Å². The van der Waals surface area contributed by atoms with E-state index in [0.29, 0.717) is 19.5 Å². The van der Waals surface area contributed by atoms with Crippen molar-refractivity contribution in [3.05, 3.63) is 39.6 Å². The fourth-order valence-corrected chi connectivity index (χ4v) is 2.80. The summed E-state index contributed by atoms with van der Waals surface area (Å²) in [4.78, 5) is 27.7. The molecule has 7 nitrogen and oxygen atoms in total. The lowest BCUT2D eigenvalue weighted by Crippen LogP contribution is -2.39. The van der Waals surface area contributed by atoms with Crippen LogP contribution in [0.25, 0.3) is 10.9 Å². The summed E-state index contributed by atoms with van der Waals surface area (Å²) in [7, 11) is 0. The zero-order valence-corrected chi connectivity index (χ0v) is 13.4. The molecule has 23 heavy (non-hydrogen) atoms. The number of H-pyrrole nitrogens is 1. The third kappa shape index (κ3) is 2.99.